The summed E-state index contributed by atoms with van der Waals surface area (Å²) in [6, 6.07) is 24.2. The molecule has 4 nitrogen and oxygen atoms in total. The molecule has 0 spiro atoms. The van der Waals surface area contributed by atoms with Gasteiger partial charge in [-0.15, -0.1) is 0 Å². The Bertz CT molecular complexity index is 928. The van der Waals surface area contributed by atoms with Gasteiger partial charge in [-0.05, 0) is 48.0 Å². The standard InChI is InChI=1S/C21H18N2O2S/c26-21(22-17-10-11-19-20(13-17)25-14-24-19)23-18-9-5-4-8-16(18)12-15-6-2-1-3-7-15/h1-11,13H,12,14H2,(H2,22,23,26). The fraction of sp³-hybridized carbons (Fsp3) is 0.0952. The van der Waals surface area contributed by atoms with E-state index in [1.54, 1.807) is 0 Å². The molecule has 1 aliphatic rings. The molecule has 0 aromatic heterocycles. The highest BCUT2D eigenvalue weighted by Gasteiger charge is 2.13. The molecule has 0 amide bonds. The van der Waals surface area contributed by atoms with E-state index in [1.165, 1.54) is 11.1 Å². The van der Waals surface area contributed by atoms with Gasteiger partial charge in [0.15, 0.2) is 16.6 Å². The van der Waals surface area contributed by atoms with Crippen molar-refractivity contribution in [1.29, 1.82) is 0 Å². The lowest BCUT2D eigenvalue weighted by molar-refractivity contribution is 0.174. The molecule has 5 heteroatoms. The van der Waals surface area contributed by atoms with Crippen molar-refractivity contribution >= 4 is 28.7 Å². The Balaban J connectivity index is 1.46. The smallest absolute Gasteiger partial charge is 0.231 e. The molecule has 2 N–H and O–H groups in total. The van der Waals surface area contributed by atoms with Crippen molar-refractivity contribution in [1.82, 2.24) is 0 Å². The van der Waals surface area contributed by atoms with Crippen molar-refractivity contribution < 1.29 is 9.47 Å². The zero-order valence-electron chi connectivity index (χ0n) is 14.1. The van der Waals surface area contributed by atoms with Crippen LogP contribution in [0.25, 0.3) is 0 Å². The fourth-order valence-electron chi connectivity index (χ4n) is 2.87. The van der Waals surface area contributed by atoms with Crippen LogP contribution in [0.2, 0.25) is 0 Å². The van der Waals surface area contributed by atoms with Crippen LogP contribution < -0.4 is 20.1 Å². The van der Waals surface area contributed by atoms with Crippen LogP contribution >= 0.6 is 12.2 Å². The number of nitrogens with one attached hydrogen (secondary N) is 2. The van der Waals surface area contributed by atoms with E-state index in [-0.39, 0.29) is 6.79 Å². The summed E-state index contributed by atoms with van der Waals surface area (Å²) in [5, 5.41) is 7.02. The normalized spacial score (nSPS) is 11.8. The lowest BCUT2D eigenvalue weighted by atomic mass is 10.0. The number of hydrogen-bond donors (Lipinski definition) is 2. The summed E-state index contributed by atoms with van der Waals surface area (Å²) in [5.41, 5.74) is 4.30. The van der Waals surface area contributed by atoms with Crippen LogP contribution in [0.5, 0.6) is 11.5 Å². The van der Waals surface area contributed by atoms with Gasteiger partial charge in [-0.2, -0.15) is 0 Å². The number of hydrogen-bond acceptors (Lipinski definition) is 3. The first kappa shape index (κ1) is 16.4. The molecule has 0 fully saturated rings. The van der Waals surface area contributed by atoms with E-state index in [4.69, 9.17) is 21.7 Å². The second kappa shape index (κ2) is 7.45. The number of anilines is 2. The van der Waals surface area contributed by atoms with Gasteiger partial charge in [-0.1, -0.05) is 48.5 Å². The molecule has 0 saturated carbocycles. The molecule has 26 heavy (non-hydrogen) atoms. The third-order valence-electron chi connectivity index (χ3n) is 4.13. The number of rotatable bonds is 4. The topological polar surface area (TPSA) is 42.5 Å². The van der Waals surface area contributed by atoms with Crippen molar-refractivity contribution in [3.05, 3.63) is 83.9 Å². The maximum atomic E-state index is 5.48. The van der Waals surface area contributed by atoms with Gasteiger partial charge in [-0.25, -0.2) is 0 Å². The molecular weight excluding hydrogens is 344 g/mol. The highest BCUT2D eigenvalue weighted by atomic mass is 32.1. The molecule has 0 unspecified atom stereocenters. The number of thiocarbonyl (C=S) groups is 1. The van der Waals surface area contributed by atoms with Gasteiger partial charge in [0, 0.05) is 17.4 Å². The number of para-hydroxylation sites is 1. The minimum Gasteiger partial charge on any atom is -0.454 e. The Morgan fingerprint density at radius 1 is 0.846 bits per heavy atom. The van der Waals surface area contributed by atoms with Gasteiger partial charge in [0.25, 0.3) is 0 Å². The van der Waals surface area contributed by atoms with Gasteiger partial charge >= 0.3 is 0 Å². The molecule has 3 aromatic carbocycles. The maximum absolute atomic E-state index is 5.48. The fourth-order valence-corrected chi connectivity index (χ4v) is 3.10. The van der Waals surface area contributed by atoms with Crippen LogP contribution in [0.15, 0.2) is 72.8 Å². The highest BCUT2D eigenvalue weighted by molar-refractivity contribution is 7.80. The molecule has 0 atom stereocenters. The van der Waals surface area contributed by atoms with Crippen molar-refractivity contribution in [2.75, 3.05) is 17.4 Å². The zero-order valence-corrected chi connectivity index (χ0v) is 14.9. The Morgan fingerprint density at radius 2 is 1.62 bits per heavy atom. The Labute approximate surface area is 157 Å². The van der Waals surface area contributed by atoms with Gasteiger partial charge in [0.2, 0.25) is 6.79 Å². The summed E-state index contributed by atoms with van der Waals surface area (Å²) >= 11 is 5.48. The van der Waals surface area contributed by atoms with Crippen LogP contribution in [-0.4, -0.2) is 11.9 Å². The summed E-state index contributed by atoms with van der Waals surface area (Å²) in [7, 11) is 0. The summed E-state index contributed by atoms with van der Waals surface area (Å²) < 4.78 is 10.7. The van der Waals surface area contributed by atoms with E-state index in [1.807, 2.05) is 42.5 Å². The van der Waals surface area contributed by atoms with Gasteiger partial charge in [0.05, 0.1) is 0 Å². The van der Waals surface area contributed by atoms with Gasteiger partial charge in [0.1, 0.15) is 0 Å². The predicted octanol–water partition coefficient (Wildman–Crippen LogP) is 4.82. The van der Waals surface area contributed by atoms with Gasteiger partial charge in [-0.3, -0.25) is 0 Å². The summed E-state index contributed by atoms with van der Waals surface area (Å²) in [6.45, 7) is 0.258. The first-order chi connectivity index (χ1) is 12.8. The molecule has 130 valence electrons. The quantitative estimate of drug-likeness (QED) is 0.652. The van der Waals surface area contributed by atoms with E-state index in [2.05, 4.69) is 41.0 Å². The molecular formula is C21H18N2O2S. The summed E-state index contributed by atoms with van der Waals surface area (Å²) in [5.74, 6) is 1.48. The third kappa shape index (κ3) is 3.78. The minimum absolute atomic E-state index is 0.258. The molecule has 0 saturated heterocycles. The number of benzene rings is 3. The van der Waals surface area contributed by atoms with Crippen molar-refractivity contribution in [3.8, 4) is 11.5 Å². The largest absolute Gasteiger partial charge is 0.454 e. The molecule has 0 radical (unpaired) electrons. The van der Waals surface area contributed by atoms with E-state index < -0.39 is 0 Å². The van der Waals surface area contributed by atoms with Gasteiger partial charge < -0.3 is 20.1 Å². The Morgan fingerprint density at radius 3 is 2.50 bits per heavy atom. The van der Waals surface area contributed by atoms with E-state index in [0.717, 1.165) is 29.3 Å². The van der Waals surface area contributed by atoms with Crippen LogP contribution in [-0.2, 0) is 6.42 Å². The second-order valence-electron chi connectivity index (χ2n) is 5.97. The molecule has 0 aliphatic carbocycles. The predicted molar refractivity (Wildman–Crippen MR) is 108 cm³/mol. The monoisotopic (exact) mass is 362 g/mol. The Kier molecular flexibility index (Phi) is 4.71. The SMILES string of the molecule is S=C(Nc1ccc2c(c1)OCO2)Nc1ccccc1Cc1ccccc1. The second-order valence-corrected chi connectivity index (χ2v) is 6.37. The molecule has 1 heterocycles. The Hall–Kier alpha value is -3.05. The summed E-state index contributed by atoms with van der Waals surface area (Å²) in [4.78, 5) is 0. The van der Waals surface area contributed by atoms with E-state index in [0.29, 0.717) is 5.11 Å². The average molecular weight is 362 g/mol. The third-order valence-corrected chi connectivity index (χ3v) is 4.34. The molecule has 0 bridgehead atoms. The first-order valence-electron chi connectivity index (χ1n) is 8.37. The van der Waals surface area contributed by atoms with Crippen LogP contribution in [0.4, 0.5) is 11.4 Å². The maximum Gasteiger partial charge on any atom is 0.231 e. The van der Waals surface area contributed by atoms with Crippen LogP contribution in [0.3, 0.4) is 0 Å². The molecule has 4 rings (SSSR count). The zero-order chi connectivity index (χ0) is 17.8. The van der Waals surface area contributed by atoms with Crippen molar-refractivity contribution in [2.45, 2.75) is 6.42 Å². The van der Waals surface area contributed by atoms with Crippen LogP contribution in [0, 0.1) is 0 Å². The number of fused-ring (bicyclic) bond motifs is 1. The lowest BCUT2D eigenvalue weighted by Crippen LogP contribution is -2.20. The first-order valence-corrected chi connectivity index (χ1v) is 8.78. The average Bonchev–Trinajstić information content (AvgIpc) is 3.12. The molecule has 1 aliphatic heterocycles. The molecule has 3 aromatic rings. The van der Waals surface area contributed by atoms with Crippen LogP contribution in [0.1, 0.15) is 11.1 Å². The van der Waals surface area contributed by atoms with Crippen molar-refractivity contribution in [3.63, 3.8) is 0 Å². The van der Waals surface area contributed by atoms with E-state index >= 15 is 0 Å². The van der Waals surface area contributed by atoms with Crippen molar-refractivity contribution in [2.24, 2.45) is 0 Å². The summed E-state index contributed by atoms with van der Waals surface area (Å²) in [6.07, 6.45) is 0.844. The van der Waals surface area contributed by atoms with E-state index in [9.17, 15) is 0 Å². The lowest BCUT2D eigenvalue weighted by Gasteiger charge is -2.14. The minimum atomic E-state index is 0.258. The highest BCUT2D eigenvalue weighted by Crippen LogP contribution is 2.34. The number of ether oxygens (including phenoxy) is 2.